The van der Waals surface area contributed by atoms with Crippen LogP contribution in [0.25, 0.3) is 10.9 Å². The number of aryl methyl sites for hydroxylation is 1. The molecule has 1 N–H and O–H groups in total. The van der Waals surface area contributed by atoms with Gasteiger partial charge in [0.15, 0.2) is 0 Å². The van der Waals surface area contributed by atoms with Crippen LogP contribution in [0, 0.1) is 0 Å². The molecule has 1 aromatic heterocycles. The van der Waals surface area contributed by atoms with Gasteiger partial charge in [-0.3, -0.25) is 14.2 Å². The van der Waals surface area contributed by atoms with E-state index >= 15 is 0 Å². The molecule has 0 saturated carbocycles. The van der Waals surface area contributed by atoms with Gasteiger partial charge < -0.3 is 5.32 Å². The highest BCUT2D eigenvalue weighted by molar-refractivity contribution is 7.89. The van der Waals surface area contributed by atoms with Crippen molar-refractivity contribution in [2.24, 2.45) is 0 Å². The Hall–Kier alpha value is -2.26. The second-order valence-corrected chi connectivity index (χ2v) is 8.39. The van der Waals surface area contributed by atoms with Crippen LogP contribution in [-0.2, 0) is 21.4 Å². The van der Waals surface area contributed by atoms with Crippen LogP contribution >= 0.6 is 0 Å². The van der Waals surface area contributed by atoms with E-state index in [9.17, 15) is 18.0 Å². The minimum Gasteiger partial charge on any atom is -0.353 e. The summed E-state index contributed by atoms with van der Waals surface area (Å²) in [5.41, 5.74) is 0.317. The standard InChI is InChI=1S/C16H18N4O4S/c21-15-14-6-5-11(9-17-15)20(14)25(23,24)8-7-19-10-18-13-4-2-1-3-12(13)16(19)22/h1-4,10-11,14H,5-9H2,(H,17,21). The van der Waals surface area contributed by atoms with Gasteiger partial charge in [-0.1, -0.05) is 12.1 Å². The number of amides is 1. The van der Waals surface area contributed by atoms with Crippen LogP contribution in [0.1, 0.15) is 12.8 Å². The van der Waals surface area contributed by atoms with E-state index in [4.69, 9.17) is 0 Å². The molecule has 2 fully saturated rings. The van der Waals surface area contributed by atoms with Crippen LogP contribution in [0.4, 0.5) is 0 Å². The van der Waals surface area contributed by atoms with Crippen LogP contribution in [0.5, 0.6) is 0 Å². The predicted octanol–water partition coefficient (Wildman–Crippen LogP) is -0.311. The van der Waals surface area contributed by atoms with Gasteiger partial charge >= 0.3 is 0 Å². The van der Waals surface area contributed by atoms with Gasteiger partial charge in [-0.15, -0.1) is 0 Å². The molecule has 2 unspecified atom stereocenters. The Bertz CT molecular complexity index is 1000. The van der Waals surface area contributed by atoms with E-state index in [1.54, 1.807) is 24.3 Å². The van der Waals surface area contributed by atoms with Crippen LogP contribution in [-0.4, -0.2) is 52.6 Å². The normalized spacial score (nSPS) is 23.8. The quantitative estimate of drug-likeness (QED) is 0.804. The maximum atomic E-state index is 12.8. The van der Waals surface area contributed by atoms with Gasteiger partial charge in [0.2, 0.25) is 15.9 Å². The second kappa shape index (κ2) is 5.92. The van der Waals surface area contributed by atoms with Crippen molar-refractivity contribution in [2.75, 3.05) is 12.3 Å². The van der Waals surface area contributed by atoms with E-state index < -0.39 is 16.1 Å². The number of piperazine rings is 1. The largest absolute Gasteiger partial charge is 0.353 e. The highest BCUT2D eigenvalue weighted by Crippen LogP contribution is 2.30. The molecule has 25 heavy (non-hydrogen) atoms. The summed E-state index contributed by atoms with van der Waals surface area (Å²) in [5.74, 6) is -0.463. The fraction of sp³-hybridized carbons (Fsp3) is 0.438. The molecule has 132 valence electrons. The molecule has 2 aromatic rings. The van der Waals surface area contributed by atoms with Gasteiger partial charge in [0, 0.05) is 19.1 Å². The second-order valence-electron chi connectivity index (χ2n) is 6.40. The van der Waals surface area contributed by atoms with Gasteiger partial charge in [-0.2, -0.15) is 4.31 Å². The molecule has 0 radical (unpaired) electrons. The summed E-state index contributed by atoms with van der Waals surface area (Å²) < 4.78 is 28.2. The highest BCUT2D eigenvalue weighted by Gasteiger charge is 2.47. The first-order valence-corrected chi connectivity index (χ1v) is 9.81. The van der Waals surface area contributed by atoms with E-state index in [1.807, 2.05) is 0 Å². The average Bonchev–Trinajstić information content (AvgIpc) is 2.96. The minimum atomic E-state index is -3.64. The number of hydrogen-bond acceptors (Lipinski definition) is 5. The number of hydrogen-bond donors (Lipinski definition) is 1. The number of para-hydroxylation sites is 1. The number of benzene rings is 1. The number of fused-ring (bicyclic) bond motifs is 3. The summed E-state index contributed by atoms with van der Waals surface area (Å²) in [6, 6.07) is 6.15. The maximum absolute atomic E-state index is 12.8. The van der Waals surface area contributed by atoms with Crippen LogP contribution < -0.4 is 10.9 Å². The van der Waals surface area contributed by atoms with Crippen LogP contribution in [0.3, 0.4) is 0 Å². The van der Waals surface area contributed by atoms with Crippen molar-refractivity contribution >= 4 is 26.8 Å². The molecule has 2 aliphatic rings. The van der Waals surface area contributed by atoms with Crippen molar-refractivity contribution in [2.45, 2.75) is 31.5 Å². The average molecular weight is 362 g/mol. The number of carbonyl (C=O) groups excluding carboxylic acids is 1. The zero-order valence-corrected chi connectivity index (χ0v) is 14.3. The molecule has 1 amide bonds. The first-order chi connectivity index (χ1) is 12.0. The molecule has 9 heteroatoms. The minimum absolute atomic E-state index is 0.0105. The lowest BCUT2D eigenvalue weighted by Crippen LogP contribution is -2.57. The molecular weight excluding hydrogens is 344 g/mol. The van der Waals surface area contributed by atoms with Crippen molar-refractivity contribution in [3.63, 3.8) is 0 Å². The molecule has 2 bridgehead atoms. The Kier molecular flexibility index (Phi) is 3.84. The number of carbonyl (C=O) groups is 1. The Balaban J connectivity index is 1.58. The third-order valence-electron chi connectivity index (χ3n) is 4.90. The lowest BCUT2D eigenvalue weighted by atomic mass is 10.2. The fourth-order valence-electron chi connectivity index (χ4n) is 3.64. The van der Waals surface area contributed by atoms with Crippen molar-refractivity contribution in [1.82, 2.24) is 19.2 Å². The summed E-state index contributed by atoms with van der Waals surface area (Å²) in [7, 11) is -3.64. The smallest absolute Gasteiger partial charge is 0.261 e. The van der Waals surface area contributed by atoms with Crippen LogP contribution in [0.15, 0.2) is 35.4 Å². The number of sulfonamides is 1. The number of rotatable bonds is 4. The highest BCUT2D eigenvalue weighted by atomic mass is 32.2. The molecule has 1 aromatic carbocycles. The third-order valence-corrected chi connectivity index (χ3v) is 6.79. The molecule has 8 nitrogen and oxygen atoms in total. The van der Waals surface area contributed by atoms with E-state index in [-0.39, 0.29) is 29.8 Å². The Morgan fingerprint density at radius 3 is 2.84 bits per heavy atom. The van der Waals surface area contributed by atoms with E-state index in [2.05, 4.69) is 10.3 Å². The molecule has 3 heterocycles. The Morgan fingerprint density at radius 2 is 2.00 bits per heavy atom. The van der Waals surface area contributed by atoms with E-state index in [0.717, 1.165) is 0 Å². The molecule has 2 saturated heterocycles. The maximum Gasteiger partial charge on any atom is 0.261 e. The molecule has 0 aliphatic carbocycles. The first-order valence-electron chi connectivity index (χ1n) is 8.20. The van der Waals surface area contributed by atoms with Gasteiger partial charge in [0.05, 0.1) is 23.0 Å². The molecule has 0 spiro atoms. The molecule has 2 atom stereocenters. The van der Waals surface area contributed by atoms with Gasteiger partial charge in [-0.25, -0.2) is 13.4 Å². The van der Waals surface area contributed by atoms with E-state index in [1.165, 1.54) is 15.2 Å². The van der Waals surface area contributed by atoms with E-state index in [0.29, 0.717) is 30.3 Å². The van der Waals surface area contributed by atoms with Gasteiger partial charge in [0.25, 0.3) is 5.56 Å². The van der Waals surface area contributed by atoms with Crippen LogP contribution in [0.2, 0.25) is 0 Å². The monoisotopic (exact) mass is 362 g/mol. The first kappa shape index (κ1) is 16.2. The lowest BCUT2D eigenvalue weighted by Gasteiger charge is -2.33. The van der Waals surface area contributed by atoms with Gasteiger partial charge in [-0.05, 0) is 25.0 Å². The zero-order valence-electron chi connectivity index (χ0n) is 13.5. The summed E-state index contributed by atoms with van der Waals surface area (Å²) in [6.07, 6.45) is 2.60. The van der Waals surface area contributed by atoms with Crippen molar-refractivity contribution in [3.8, 4) is 0 Å². The van der Waals surface area contributed by atoms with Crippen molar-refractivity contribution < 1.29 is 13.2 Å². The lowest BCUT2D eigenvalue weighted by molar-refractivity contribution is -0.126. The Morgan fingerprint density at radius 1 is 1.20 bits per heavy atom. The molecular formula is C16H18N4O4S. The Labute approximate surface area is 144 Å². The number of nitrogens with one attached hydrogen (secondary N) is 1. The van der Waals surface area contributed by atoms with Crippen molar-refractivity contribution in [1.29, 1.82) is 0 Å². The molecule has 2 aliphatic heterocycles. The summed E-state index contributed by atoms with van der Waals surface area (Å²) >= 11 is 0. The summed E-state index contributed by atoms with van der Waals surface area (Å²) in [6.45, 7) is 0.364. The number of nitrogens with zero attached hydrogens (tertiary/aromatic N) is 3. The summed E-state index contributed by atoms with van der Waals surface area (Å²) in [5, 5.41) is 3.20. The third kappa shape index (κ3) is 2.73. The summed E-state index contributed by atoms with van der Waals surface area (Å²) in [4.78, 5) is 28.6. The van der Waals surface area contributed by atoms with Crippen molar-refractivity contribution in [3.05, 3.63) is 40.9 Å². The fourth-order valence-corrected chi connectivity index (χ4v) is 5.50. The number of aromatic nitrogens is 2. The molecule has 4 rings (SSSR count). The zero-order chi connectivity index (χ0) is 17.6. The SMILES string of the molecule is O=C1NCC2CCC1N2S(=O)(=O)CCn1cnc2ccccc2c1=O. The topological polar surface area (TPSA) is 101 Å². The predicted molar refractivity (Wildman–Crippen MR) is 91.4 cm³/mol. The van der Waals surface area contributed by atoms with Gasteiger partial charge in [0.1, 0.15) is 6.04 Å².